The number of hydrogen-bond donors (Lipinski definition) is 1. The minimum absolute atomic E-state index is 0.219. The van der Waals surface area contributed by atoms with Gasteiger partial charge in [0.2, 0.25) is 0 Å². The summed E-state index contributed by atoms with van der Waals surface area (Å²) in [6.45, 7) is 2.86. The molecule has 2 nitrogen and oxygen atoms in total. The van der Waals surface area contributed by atoms with E-state index in [1.807, 2.05) is 12.1 Å². The second-order valence-corrected chi connectivity index (χ2v) is 4.14. The molecule has 2 rings (SSSR count). The first-order chi connectivity index (χ1) is 6.73. The van der Waals surface area contributed by atoms with E-state index in [0.29, 0.717) is 0 Å². The highest BCUT2D eigenvalue weighted by molar-refractivity contribution is 5.48. The van der Waals surface area contributed by atoms with Gasteiger partial charge in [0.25, 0.3) is 0 Å². The second kappa shape index (κ2) is 3.28. The Morgan fingerprint density at radius 2 is 2.14 bits per heavy atom. The Hall–Kier alpha value is -1.02. The fourth-order valence-electron chi connectivity index (χ4n) is 2.20. The van der Waals surface area contributed by atoms with Crippen LogP contribution in [0.5, 0.6) is 5.75 Å². The van der Waals surface area contributed by atoms with Crippen molar-refractivity contribution < 1.29 is 4.74 Å². The molecule has 1 aliphatic rings. The lowest BCUT2D eigenvalue weighted by molar-refractivity contribution is 0.403. The van der Waals surface area contributed by atoms with Crippen LogP contribution in [0.2, 0.25) is 0 Å². The van der Waals surface area contributed by atoms with Crippen molar-refractivity contribution in [2.75, 3.05) is 13.7 Å². The van der Waals surface area contributed by atoms with Crippen LogP contribution in [0.25, 0.3) is 0 Å². The first kappa shape index (κ1) is 9.53. The molecule has 1 aromatic carbocycles. The number of rotatable bonds is 3. The minimum atomic E-state index is 0.219. The summed E-state index contributed by atoms with van der Waals surface area (Å²) >= 11 is 0. The van der Waals surface area contributed by atoms with E-state index >= 15 is 0 Å². The molecule has 0 saturated heterocycles. The standard InChI is InChI=1S/C12H17NO/c1-9-4-3-5-10(14-2)11(9)12(8-13)6-7-12/h3-5H,6-8,13H2,1-2H3. The molecular formula is C12H17NO. The van der Waals surface area contributed by atoms with Gasteiger partial charge in [-0.3, -0.25) is 0 Å². The van der Waals surface area contributed by atoms with Gasteiger partial charge in [0.15, 0.2) is 0 Å². The van der Waals surface area contributed by atoms with Crippen molar-refractivity contribution in [3.05, 3.63) is 29.3 Å². The zero-order valence-corrected chi connectivity index (χ0v) is 8.84. The lowest BCUT2D eigenvalue weighted by Crippen LogP contribution is -2.21. The van der Waals surface area contributed by atoms with Gasteiger partial charge in [0.05, 0.1) is 7.11 Å². The van der Waals surface area contributed by atoms with Gasteiger partial charge in [-0.1, -0.05) is 12.1 Å². The number of nitrogens with two attached hydrogens (primary N) is 1. The normalized spacial score (nSPS) is 17.9. The molecule has 0 heterocycles. The third-order valence-electron chi connectivity index (χ3n) is 3.23. The van der Waals surface area contributed by atoms with E-state index in [9.17, 15) is 0 Å². The molecule has 2 N–H and O–H groups in total. The summed E-state index contributed by atoms with van der Waals surface area (Å²) in [6.07, 6.45) is 2.40. The number of ether oxygens (including phenoxy) is 1. The highest BCUT2D eigenvalue weighted by atomic mass is 16.5. The monoisotopic (exact) mass is 191 g/mol. The van der Waals surface area contributed by atoms with Gasteiger partial charge >= 0.3 is 0 Å². The molecule has 0 atom stereocenters. The van der Waals surface area contributed by atoms with Gasteiger partial charge in [-0.25, -0.2) is 0 Å². The van der Waals surface area contributed by atoms with E-state index in [-0.39, 0.29) is 5.41 Å². The lowest BCUT2D eigenvalue weighted by atomic mass is 9.91. The SMILES string of the molecule is COc1cccc(C)c1C1(CN)CC1. The van der Waals surface area contributed by atoms with Crippen molar-refractivity contribution >= 4 is 0 Å². The summed E-state index contributed by atoms with van der Waals surface area (Å²) in [4.78, 5) is 0. The molecule has 0 spiro atoms. The van der Waals surface area contributed by atoms with Crippen molar-refractivity contribution in [3.8, 4) is 5.75 Å². The summed E-state index contributed by atoms with van der Waals surface area (Å²) < 4.78 is 5.40. The Morgan fingerprint density at radius 3 is 2.64 bits per heavy atom. The van der Waals surface area contributed by atoms with E-state index in [1.165, 1.54) is 24.0 Å². The molecule has 0 aliphatic heterocycles. The number of hydrogen-bond acceptors (Lipinski definition) is 2. The second-order valence-electron chi connectivity index (χ2n) is 4.14. The maximum atomic E-state index is 5.84. The molecule has 14 heavy (non-hydrogen) atoms. The van der Waals surface area contributed by atoms with Crippen molar-refractivity contribution in [1.29, 1.82) is 0 Å². The molecule has 1 saturated carbocycles. The van der Waals surface area contributed by atoms with Crippen LogP contribution in [-0.4, -0.2) is 13.7 Å². The van der Waals surface area contributed by atoms with E-state index in [4.69, 9.17) is 10.5 Å². The highest BCUT2D eigenvalue weighted by Crippen LogP contribution is 2.51. The van der Waals surface area contributed by atoms with Crippen LogP contribution >= 0.6 is 0 Å². The van der Waals surface area contributed by atoms with Crippen LogP contribution in [0.15, 0.2) is 18.2 Å². The molecule has 0 amide bonds. The summed E-state index contributed by atoms with van der Waals surface area (Å²) in [6, 6.07) is 6.19. The molecule has 0 radical (unpaired) electrons. The first-order valence-electron chi connectivity index (χ1n) is 5.08. The van der Waals surface area contributed by atoms with Crippen molar-refractivity contribution in [2.24, 2.45) is 5.73 Å². The fourth-order valence-corrected chi connectivity index (χ4v) is 2.20. The Balaban J connectivity index is 2.50. The van der Waals surface area contributed by atoms with Crippen molar-refractivity contribution in [1.82, 2.24) is 0 Å². The molecule has 2 heteroatoms. The smallest absolute Gasteiger partial charge is 0.122 e. The summed E-state index contributed by atoms with van der Waals surface area (Å²) in [5.74, 6) is 0.993. The van der Waals surface area contributed by atoms with Crippen LogP contribution in [0.3, 0.4) is 0 Å². The number of benzene rings is 1. The van der Waals surface area contributed by atoms with Crippen LogP contribution in [0.4, 0.5) is 0 Å². The maximum Gasteiger partial charge on any atom is 0.122 e. The summed E-state index contributed by atoms with van der Waals surface area (Å²) in [5.41, 5.74) is 8.68. The van der Waals surface area contributed by atoms with E-state index in [1.54, 1.807) is 7.11 Å². The Bertz CT molecular complexity index is 342. The third kappa shape index (κ3) is 1.30. The van der Waals surface area contributed by atoms with Crippen LogP contribution in [0.1, 0.15) is 24.0 Å². The van der Waals surface area contributed by atoms with Gasteiger partial charge < -0.3 is 10.5 Å². The number of aryl methyl sites for hydroxylation is 1. The molecule has 76 valence electrons. The average Bonchev–Trinajstić information content (AvgIpc) is 2.98. The summed E-state index contributed by atoms with van der Waals surface area (Å²) in [7, 11) is 1.73. The Kier molecular flexibility index (Phi) is 2.23. The zero-order chi connectivity index (χ0) is 10.2. The molecule has 0 unspecified atom stereocenters. The Morgan fingerprint density at radius 1 is 1.43 bits per heavy atom. The van der Waals surface area contributed by atoms with Crippen molar-refractivity contribution in [2.45, 2.75) is 25.2 Å². The molecule has 0 aromatic heterocycles. The maximum absolute atomic E-state index is 5.84. The topological polar surface area (TPSA) is 35.2 Å². The molecule has 1 aliphatic carbocycles. The van der Waals surface area contributed by atoms with Crippen LogP contribution < -0.4 is 10.5 Å². The molecular weight excluding hydrogens is 174 g/mol. The first-order valence-corrected chi connectivity index (χ1v) is 5.08. The summed E-state index contributed by atoms with van der Waals surface area (Å²) in [5, 5.41) is 0. The van der Waals surface area contributed by atoms with Gasteiger partial charge in [-0.05, 0) is 31.4 Å². The molecule has 0 bridgehead atoms. The fraction of sp³-hybridized carbons (Fsp3) is 0.500. The quantitative estimate of drug-likeness (QED) is 0.793. The van der Waals surface area contributed by atoms with Gasteiger partial charge in [-0.15, -0.1) is 0 Å². The Labute approximate surface area is 85.1 Å². The largest absolute Gasteiger partial charge is 0.496 e. The van der Waals surface area contributed by atoms with E-state index in [0.717, 1.165) is 12.3 Å². The predicted molar refractivity (Wildman–Crippen MR) is 57.7 cm³/mol. The van der Waals surface area contributed by atoms with Gasteiger partial charge in [0, 0.05) is 17.5 Å². The zero-order valence-electron chi connectivity index (χ0n) is 8.84. The lowest BCUT2D eigenvalue weighted by Gasteiger charge is -2.19. The highest BCUT2D eigenvalue weighted by Gasteiger charge is 2.45. The number of methoxy groups -OCH3 is 1. The predicted octanol–water partition coefficient (Wildman–Crippen LogP) is 1.99. The van der Waals surface area contributed by atoms with Crippen LogP contribution in [0, 0.1) is 6.92 Å². The average molecular weight is 191 g/mol. The molecule has 1 fully saturated rings. The van der Waals surface area contributed by atoms with E-state index in [2.05, 4.69) is 13.0 Å². The van der Waals surface area contributed by atoms with E-state index < -0.39 is 0 Å². The van der Waals surface area contributed by atoms with Gasteiger partial charge in [-0.2, -0.15) is 0 Å². The minimum Gasteiger partial charge on any atom is -0.496 e. The van der Waals surface area contributed by atoms with Crippen molar-refractivity contribution in [3.63, 3.8) is 0 Å². The third-order valence-corrected chi connectivity index (χ3v) is 3.23. The van der Waals surface area contributed by atoms with Crippen LogP contribution in [-0.2, 0) is 5.41 Å². The molecule has 1 aromatic rings. The van der Waals surface area contributed by atoms with Gasteiger partial charge in [0.1, 0.15) is 5.75 Å².